The number of ether oxygens (including phenoxy) is 3. The van der Waals surface area contributed by atoms with Gasteiger partial charge in [-0.25, -0.2) is 9.78 Å². The second-order valence-electron chi connectivity index (χ2n) is 7.03. The Bertz CT molecular complexity index is 1090. The van der Waals surface area contributed by atoms with Gasteiger partial charge in [-0.15, -0.1) is 0 Å². The summed E-state index contributed by atoms with van der Waals surface area (Å²) in [6, 6.07) is 11.9. The van der Waals surface area contributed by atoms with Gasteiger partial charge in [-0.1, -0.05) is 23.4 Å². The Morgan fingerprint density at radius 2 is 2.09 bits per heavy atom. The van der Waals surface area contributed by atoms with E-state index in [-0.39, 0.29) is 36.7 Å². The van der Waals surface area contributed by atoms with Crippen molar-refractivity contribution in [2.24, 2.45) is 0 Å². The molecule has 1 amide bonds. The Morgan fingerprint density at radius 3 is 2.91 bits per heavy atom. The highest BCUT2D eigenvalue weighted by Gasteiger charge is 2.32. The molecule has 1 aromatic carbocycles. The number of hydrogen-bond donors (Lipinski definition) is 1. The van der Waals surface area contributed by atoms with E-state index in [9.17, 15) is 9.59 Å². The third-order valence-corrected chi connectivity index (χ3v) is 4.84. The highest BCUT2D eigenvalue weighted by atomic mass is 16.7. The maximum absolute atomic E-state index is 12.8. The predicted octanol–water partition coefficient (Wildman–Crippen LogP) is 2.22. The summed E-state index contributed by atoms with van der Waals surface area (Å²) < 4.78 is 20.8. The lowest BCUT2D eigenvalue weighted by atomic mass is 10.2. The monoisotopic (exact) mass is 453 g/mol. The minimum absolute atomic E-state index is 0.0477. The van der Waals surface area contributed by atoms with Crippen LogP contribution in [0.5, 0.6) is 11.6 Å². The molecule has 1 fully saturated rings. The smallest absolute Gasteiger partial charge is 0.484 e. The molecule has 1 aliphatic rings. The second-order valence-corrected chi connectivity index (χ2v) is 7.03. The molecule has 33 heavy (non-hydrogen) atoms. The molecule has 1 aliphatic heterocycles. The summed E-state index contributed by atoms with van der Waals surface area (Å²) in [6.07, 6.45) is 0.606. The van der Waals surface area contributed by atoms with Crippen LogP contribution in [0.1, 0.15) is 18.9 Å². The third-order valence-electron chi connectivity index (χ3n) is 4.84. The van der Waals surface area contributed by atoms with Crippen LogP contribution in [0.25, 0.3) is 11.4 Å². The lowest BCUT2D eigenvalue weighted by Gasteiger charge is -2.33. The normalized spacial score (nSPS) is 15.7. The van der Waals surface area contributed by atoms with Crippen molar-refractivity contribution in [1.82, 2.24) is 25.3 Å². The molecule has 0 aliphatic carbocycles. The van der Waals surface area contributed by atoms with Gasteiger partial charge in [0.15, 0.2) is 6.61 Å². The van der Waals surface area contributed by atoms with E-state index in [0.717, 1.165) is 0 Å². The van der Waals surface area contributed by atoms with E-state index in [1.807, 2.05) is 18.2 Å². The van der Waals surface area contributed by atoms with Crippen LogP contribution in [-0.4, -0.2) is 64.9 Å². The number of nitrogens with one attached hydrogen (secondary N) is 1. The van der Waals surface area contributed by atoms with Gasteiger partial charge in [0.25, 0.3) is 11.8 Å². The molecular weight excluding hydrogens is 430 g/mol. The molecule has 1 saturated heterocycles. The largest absolute Gasteiger partial charge is 0.515 e. The van der Waals surface area contributed by atoms with E-state index in [2.05, 4.69) is 20.4 Å². The first-order valence-electron chi connectivity index (χ1n) is 10.5. The second kappa shape index (κ2) is 10.6. The van der Waals surface area contributed by atoms with Crippen molar-refractivity contribution in [2.45, 2.75) is 13.0 Å². The number of benzene rings is 1. The van der Waals surface area contributed by atoms with Crippen molar-refractivity contribution in [3.8, 4) is 23.0 Å². The van der Waals surface area contributed by atoms with Crippen LogP contribution in [0.2, 0.25) is 0 Å². The maximum atomic E-state index is 12.8. The first-order chi connectivity index (χ1) is 16.1. The van der Waals surface area contributed by atoms with Crippen molar-refractivity contribution in [2.75, 3.05) is 32.8 Å². The van der Waals surface area contributed by atoms with Crippen LogP contribution in [0.4, 0.5) is 4.79 Å². The van der Waals surface area contributed by atoms with E-state index in [0.29, 0.717) is 30.9 Å². The summed E-state index contributed by atoms with van der Waals surface area (Å²) in [4.78, 5) is 34.5. The molecule has 0 radical (unpaired) electrons. The lowest BCUT2D eigenvalue weighted by Crippen LogP contribution is -2.50. The Labute approximate surface area is 189 Å². The molecule has 0 spiro atoms. The van der Waals surface area contributed by atoms with Crippen LogP contribution in [0.15, 0.2) is 53.2 Å². The molecule has 0 bridgehead atoms. The van der Waals surface area contributed by atoms with Crippen molar-refractivity contribution in [1.29, 1.82) is 0 Å². The minimum Gasteiger partial charge on any atom is -0.484 e. The van der Waals surface area contributed by atoms with Crippen molar-refractivity contribution >= 4 is 12.1 Å². The number of amides is 1. The van der Waals surface area contributed by atoms with Crippen LogP contribution in [-0.2, 0) is 9.53 Å². The molecule has 11 nitrogen and oxygen atoms in total. The van der Waals surface area contributed by atoms with E-state index >= 15 is 0 Å². The SMILES string of the molecule is CCOC(=O)Oc1cc(-c2noc(C3CNCCN3C(=O)COc3ccccc3)n2)ccn1. The zero-order valence-electron chi connectivity index (χ0n) is 18.0. The van der Waals surface area contributed by atoms with E-state index in [4.69, 9.17) is 18.7 Å². The Balaban J connectivity index is 1.46. The van der Waals surface area contributed by atoms with E-state index < -0.39 is 12.2 Å². The van der Waals surface area contributed by atoms with Crippen LogP contribution < -0.4 is 14.8 Å². The fourth-order valence-electron chi connectivity index (χ4n) is 3.29. The molecule has 11 heteroatoms. The third kappa shape index (κ3) is 5.63. The Kier molecular flexibility index (Phi) is 7.10. The number of aromatic nitrogens is 3. The zero-order valence-corrected chi connectivity index (χ0v) is 18.0. The molecule has 0 saturated carbocycles. The number of carbonyl (C=O) groups excluding carboxylic acids is 2. The summed E-state index contributed by atoms with van der Waals surface area (Å²) in [5.74, 6) is 1.05. The van der Waals surface area contributed by atoms with Crippen molar-refractivity contribution in [3.05, 3.63) is 54.6 Å². The minimum atomic E-state index is -0.851. The molecule has 1 unspecified atom stereocenters. The first-order valence-corrected chi connectivity index (χ1v) is 10.5. The summed E-state index contributed by atoms with van der Waals surface area (Å²) in [5.41, 5.74) is 0.536. The predicted molar refractivity (Wildman–Crippen MR) is 114 cm³/mol. The van der Waals surface area contributed by atoms with Gasteiger partial charge in [0.1, 0.15) is 11.8 Å². The first kappa shape index (κ1) is 22.2. The standard InChI is InChI=1S/C22H23N5O6/c1-2-30-22(29)32-18-12-15(8-9-24-18)20-25-21(33-26-20)17-13-23-10-11-27(17)19(28)14-31-16-6-4-3-5-7-16/h3-9,12,17,23H,2,10-11,13-14H2,1H3. The van der Waals surface area contributed by atoms with Gasteiger partial charge in [-0.3, -0.25) is 4.79 Å². The number of rotatable bonds is 7. The number of para-hydroxylation sites is 1. The molecule has 3 heterocycles. The average molecular weight is 453 g/mol. The van der Waals surface area contributed by atoms with E-state index in [1.54, 1.807) is 30.0 Å². The molecule has 3 aromatic rings. The number of nitrogens with zero attached hydrogens (tertiary/aromatic N) is 4. The van der Waals surface area contributed by atoms with Crippen LogP contribution in [0.3, 0.4) is 0 Å². The van der Waals surface area contributed by atoms with E-state index in [1.165, 1.54) is 12.3 Å². The van der Waals surface area contributed by atoms with Crippen LogP contribution in [0, 0.1) is 0 Å². The number of carbonyl (C=O) groups is 2. The Morgan fingerprint density at radius 1 is 1.24 bits per heavy atom. The molecule has 2 aromatic heterocycles. The summed E-state index contributed by atoms with van der Waals surface area (Å²) >= 11 is 0. The van der Waals surface area contributed by atoms with Gasteiger partial charge in [0.2, 0.25) is 11.7 Å². The van der Waals surface area contributed by atoms with Gasteiger partial charge >= 0.3 is 6.16 Å². The van der Waals surface area contributed by atoms with Crippen molar-refractivity contribution < 1.29 is 28.3 Å². The van der Waals surface area contributed by atoms with Gasteiger partial charge in [-0.05, 0) is 25.1 Å². The Hall–Kier alpha value is -3.99. The van der Waals surface area contributed by atoms with Crippen LogP contribution >= 0.6 is 0 Å². The molecule has 4 rings (SSSR count). The van der Waals surface area contributed by atoms with Gasteiger partial charge in [0.05, 0.1) is 6.61 Å². The van der Waals surface area contributed by atoms with Gasteiger partial charge in [0, 0.05) is 37.5 Å². The quantitative estimate of drug-likeness (QED) is 0.532. The molecule has 1 N–H and O–H groups in total. The number of piperazine rings is 1. The molecular formula is C22H23N5O6. The highest BCUT2D eigenvalue weighted by Crippen LogP contribution is 2.25. The number of hydrogen-bond acceptors (Lipinski definition) is 10. The van der Waals surface area contributed by atoms with Gasteiger partial charge < -0.3 is 29.0 Å². The highest BCUT2D eigenvalue weighted by molar-refractivity contribution is 5.78. The molecule has 1 atom stereocenters. The number of pyridine rings is 1. The summed E-state index contributed by atoms with van der Waals surface area (Å²) in [7, 11) is 0. The summed E-state index contributed by atoms with van der Waals surface area (Å²) in [6.45, 7) is 3.36. The van der Waals surface area contributed by atoms with Gasteiger partial charge in [-0.2, -0.15) is 4.98 Å². The summed E-state index contributed by atoms with van der Waals surface area (Å²) in [5, 5.41) is 7.26. The topological polar surface area (TPSA) is 129 Å². The maximum Gasteiger partial charge on any atom is 0.515 e. The van der Waals surface area contributed by atoms with Crippen molar-refractivity contribution in [3.63, 3.8) is 0 Å². The molecule has 172 valence electrons. The fourth-order valence-corrected chi connectivity index (χ4v) is 3.29. The average Bonchev–Trinajstić information content (AvgIpc) is 3.34. The zero-order chi connectivity index (χ0) is 23.0. The fraction of sp³-hybridized carbons (Fsp3) is 0.318. The lowest BCUT2D eigenvalue weighted by molar-refractivity contribution is -0.137.